The Balaban J connectivity index is 1.88. The molecule has 21 heavy (non-hydrogen) atoms. The van der Waals surface area contributed by atoms with Crippen molar-refractivity contribution in [2.75, 3.05) is 24.2 Å². The van der Waals surface area contributed by atoms with E-state index >= 15 is 0 Å². The molecule has 2 aliphatic rings. The molecular weight excluding hydrogens is 288 g/mol. The molecule has 0 atom stereocenters. The summed E-state index contributed by atoms with van der Waals surface area (Å²) in [6.07, 6.45) is 4.29. The van der Waals surface area contributed by atoms with E-state index < -0.39 is 5.97 Å². The second kappa shape index (κ2) is 5.67. The Morgan fingerprint density at radius 3 is 2.62 bits per heavy atom. The quantitative estimate of drug-likeness (QED) is 0.598. The number of Topliss-reactive ketones (excluding diaryl/α,β-unsaturated/α-hetero) is 1. The van der Waals surface area contributed by atoms with Gasteiger partial charge in [-0.25, -0.2) is 4.79 Å². The fourth-order valence-corrected chi connectivity index (χ4v) is 3.38. The number of hydrogen-bond acceptors (Lipinski definition) is 6. The molecule has 0 saturated heterocycles. The number of ether oxygens (including phenoxy) is 1. The molecule has 0 spiro atoms. The summed E-state index contributed by atoms with van der Waals surface area (Å²) >= 11 is 1.30. The van der Waals surface area contributed by atoms with E-state index in [0.29, 0.717) is 28.0 Å². The Bertz CT molecular complexity index is 574. The lowest BCUT2D eigenvalue weighted by atomic mass is 10.1. The van der Waals surface area contributed by atoms with Crippen LogP contribution < -0.4 is 11.1 Å². The number of nitrogen functional groups attached to an aromatic ring is 1. The van der Waals surface area contributed by atoms with E-state index in [1.165, 1.54) is 24.2 Å². The molecule has 0 unspecified atom stereocenters. The van der Waals surface area contributed by atoms with Crippen LogP contribution in [0.25, 0.3) is 0 Å². The van der Waals surface area contributed by atoms with Crippen molar-refractivity contribution in [1.29, 1.82) is 0 Å². The van der Waals surface area contributed by atoms with Crippen molar-refractivity contribution >= 4 is 33.8 Å². The highest BCUT2D eigenvalue weighted by molar-refractivity contribution is 7.19. The number of nitrogens with two attached hydrogens (primary N) is 1. The van der Waals surface area contributed by atoms with Crippen LogP contribution in [0.2, 0.25) is 0 Å². The van der Waals surface area contributed by atoms with Crippen LogP contribution in [0, 0.1) is 11.8 Å². The number of ketones is 1. The zero-order valence-corrected chi connectivity index (χ0v) is 12.9. The molecule has 0 radical (unpaired) electrons. The first-order chi connectivity index (χ1) is 10.1. The van der Waals surface area contributed by atoms with Gasteiger partial charge in [0.1, 0.15) is 10.6 Å². The third-order valence-corrected chi connectivity index (χ3v) is 5.02. The van der Waals surface area contributed by atoms with E-state index in [2.05, 4.69) is 5.32 Å². The van der Waals surface area contributed by atoms with Crippen molar-refractivity contribution in [1.82, 2.24) is 0 Å². The summed E-state index contributed by atoms with van der Waals surface area (Å²) in [5, 5.41) is 3.96. The van der Waals surface area contributed by atoms with E-state index in [9.17, 15) is 9.59 Å². The molecule has 1 aromatic heterocycles. The van der Waals surface area contributed by atoms with Gasteiger partial charge in [0.05, 0.1) is 17.2 Å². The van der Waals surface area contributed by atoms with Crippen LogP contribution in [0.15, 0.2) is 0 Å². The molecule has 6 heteroatoms. The molecule has 0 aromatic carbocycles. The highest BCUT2D eigenvalue weighted by Crippen LogP contribution is 2.42. The van der Waals surface area contributed by atoms with Crippen molar-refractivity contribution in [2.45, 2.75) is 32.6 Å². The van der Waals surface area contributed by atoms with Gasteiger partial charge in [0.25, 0.3) is 0 Å². The van der Waals surface area contributed by atoms with E-state index in [0.717, 1.165) is 19.4 Å². The van der Waals surface area contributed by atoms with Gasteiger partial charge in [0.15, 0.2) is 5.78 Å². The maximum absolute atomic E-state index is 12.3. The average molecular weight is 308 g/mol. The van der Waals surface area contributed by atoms with Crippen molar-refractivity contribution in [3.63, 3.8) is 0 Å². The molecule has 3 N–H and O–H groups in total. The summed E-state index contributed by atoms with van der Waals surface area (Å²) < 4.78 is 5.08. The first kappa shape index (κ1) is 14.4. The predicted molar refractivity (Wildman–Crippen MR) is 83.0 cm³/mol. The summed E-state index contributed by atoms with van der Waals surface area (Å²) in [6, 6.07) is 0. The zero-order chi connectivity index (χ0) is 15.0. The number of rotatable bonds is 7. The van der Waals surface area contributed by atoms with Crippen molar-refractivity contribution in [3.05, 3.63) is 10.4 Å². The highest BCUT2D eigenvalue weighted by Gasteiger charge is 2.35. The number of nitrogens with one attached hydrogen (secondary N) is 1. The lowest BCUT2D eigenvalue weighted by Crippen LogP contribution is -2.11. The molecule has 2 fully saturated rings. The SMILES string of the molecule is CCOC(=O)c1c(NCC2CC2)sc(C(=O)C2CC2)c1N. The third kappa shape index (κ3) is 3.05. The lowest BCUT2D eigenvalue weighted by molar-refractivity contribution is 0.0529. The summed E-state index contributed by atoms with van der Waals surface area (Å²) in [5.74, 6) is 0.394. The maximum atomic E-state index is 12.3. The largest absolute Gasteiger partial charge is 0.462 e. The monoisotopic (exact) mass is 308 g/mol. The normalized spacial score (nSPS) is 17.6. The van der Waals surface area contributed by atoms with Gasteiger partial charge >= 0.3 is 5.97 Å². The minimum Gasteiger partial charge on any atom is -0.462 e. The summed E-state index contributed by atoms with van der Waals surface area (Å²) in [4.78, 5) is 24.9. The van der Waals surface area contributed by atoms with Crippen molar-refractivity contribution in [3.8, 4) is 0 Å². The number of carbonyl (C=O) groups excluding carboxylic acids is 2. The van der Waals surface area contributed by atoms with Crippen LogP contribution in [-0.4, -0.2) is 24.9 Å². The average Bonchev–Trinajstić information content (AvgIpc) is 3.34. The fourth-order valence-electron chi connectivity index (χ4n) is 2.25. The minimum absolute atomic E-state index is 0.0718. The Kier molecular flexibility index (Phi) is 3.89. The smallest absolute Gasteiger partial charge is 0.343 e. The van der Waals surface area contributed by atoms with E-state index in [1.54, 1.807) is 6.92 Å². The number of esters is 1. The number of anilines is 2. The standard InChI is InChI=1S/C15H20N2O3S/c1-2-20-15(19)10-11(16)13(12(18)9-5-6-9)21-14(10)17-7-8-3-4-8/h8-9,17H,2-7,16H2,1H3. The number of thiophene rings is 1. The fraction of sp³-hybridized carbons (Fsp3) is 0.600. The molecule has 2 aliphatic carbocycles. The maximum Gasteiger partial charge on any atom is 0.343 e. The molecule has 114 valence electrons. The van der Waals surface area contributed by atoms with Gasteiger partial charge in [-0.1, -0.05) is 0 Å². The molecule has 3 rings (SSSR count). The van der Waals surface area contributed by atoms with Crippen LogP contribution >= 0.6 is 11.3 Å². The molecule has 1 heterocycles. The van der Waals surface area contributed by atoms with E-state index in [4.69, 9.17) is 10.5 Å². The van der Waals surface area contributed by atoms with Gasteiger partial charge in [-0.2, -0.15) is 0 Å². The second-order valence-electron chi connectivity index (χ2n) is 5.73. The van der Waals surface area contributed by atoms with Gasteiger partial charge in [-0.05, 0) is 38.5 Å². The van der Waals surface area contributed by atoms with Gasteiger partial charge in [0.2, 0.25) is 0 Å². The van der Waals surface area contributed by atoms with Gasteiger partial charge in [-0.3, -0.25) is 4.79 Å². The van der Waals surface area contributed by atoms with Gasteiger partial charge in [0, 0.05) is 12.5 Å². The molecule has 2 saturated carbocycles. The van der Waals surface area contributed by atoms with Crippen molar-refractivity contribution in [2.24, 2.45) is 11.8 Å². The van der Waals surface area contributed by atoms with E-state index in [-0.39, 0.29) is 17.4 Å². The van der Waals surface area contributed by atoms with Gasteiger partial charge < -0.3 is 15.8 Å². The first-order valence-corrected chi connectivity index (χ1v) is 8.31. The van der Waals surface area contributed by atoms with Crippen molar-refractivity contribution < 1.29 is 14.3 Å². The van der Waals surface area contributed by atoms with E-state index in [1.807, 2.05) is 0 Å². The second-order valence-corrected chi connectivity index (χ2v) is 6.75. The molecule has 0 amide bonds. The highest BCUT2D eigenvalue weighted by atomic mass is 32.1. The first-order valence-electron chi connectivity index (χ1n) is 7.49. The molecular formula is C15H20N2O3S. The van der Waals surface area contributed by atoms with Crippen LogP contribution in [0.4, 0.5) is 10.7 Å². The molecule has 1 aromatic rings. The molecule has 0 aliphatic heterocycles. The zero-order valence-electron chi connectivity index (χ0n) is 12.1. The number of carbonyl (C=O) groups is 2. The summed E-state index contributed by atoms with van der Waals surface area (Å²) in [6.45, 7) is 2.87. The van der Waals surface area contributed by atoms with Gasteiger partial charge in [-0.15, -0.1) is 11.3 Å². The molecule has 5 nitrogen and oxygen atoms in total. The lowest BCUT2D eigenvalue weighted by Gasteiger charge is -2.06. The predicted octanol–water partition coefficient (Wildman–Crippen LogP) is 2.92. The Morgan fingerprint density at radius 1 is 1.33 bits per heavy atom. The topological polar surface area (TPSA) is 81.4 Å². The summed E-state index contributed by atoms with van der Waals surface area (Å²) in [7, 11) is 0. The Hall–Kier alpha value is -1.56. The van der Waals surface area contributed by atoms with Crippen LogP contribution in [0.5, 0.6) is 0 Å². The molecule has 0 bridgehead atoms. The minimum atomic E-state index is -0.445. The Morgan fingerprint density at radius 2 is 2.05 bits per heavy atom. The van der Waals surface area contributed by atoms with Crippen LogP contribution in [-0.2, 0) is 4.74 Å². The summed E-state index contributed by atoms with van der Waals surface area (Å²) in [5.41, 5.74) is 6.70. The third-order valence-electron chi connectivity index (χ3n) is 3.84. The van der Waals surface area contributed by atoms with Crippen LogP contribution in [0.3, 0.4) is 0 Å². The number of hydrogen-bond donors (Lipinski definition) is 2. The Labute approximate surface area is 127 Å². The van der Waals surface area contributed by atoms with Crippen LogP contribution in [0.1, 0.15) is 52.6 Å².